The number of hydrogen-bond acceptors (Lipinski definition) is 5. The Morgan fingerprint density at radius 2 is 1.83 bits per heavy atom. The van der Waals surface area contributed by atoms with Gasteiger partial charge in [0.15, 0.2) is 0 Å². The van der Waals surface area contributed by atoms with Gasteiger partial charge < -0.3 is 20.1 Å². The van der Waals surface area contributed by atoms with Crippen molar-refractivity contribution in [2.75, 3.05) is 11.9 Å². The molecule has 1 aromatic carbocycles. The molecule has 2 N–H and O–H groups in total. The lowest BCUT2D eigenvalue weighted by Gasteiger charge is -2.13. The van der Waals surface area contributed by atoms with Crippen molar-refractivity contribution in [3.8, 4) is 5.75 Å². The summed E-state index contributed by atoms with van der Waals surface area (Å²) in [6.45, 7) is 6.98. The van der Waals surface area contributed by atoms with Gasteiger partial charge in [-0.05, 0) is 39.3 Å². The number of carbonyl (C=O) groups excluding carboxylic acids is 3. The molecule has 1 aromatic rings. The van der Waals surface area contributed by atoms with Crippen molar-refractivity contribution in [1.82, 2.24) is 5.32 Å². The molecular weight excluding hydrogens is 312 g/mol. The van der Waals surface area contributed by atoms with E-state index in [1.54, 1.807) is 38.1 Å². The number of carbonyl (C=O) groups is 3. The van der Waals surface area contributed by atoms with Crippen LogP contribution >= 0.6 is 0 Å². The third-order valence-electron chi connectivity index (χ3n) is 2.97. The van der Waals surface area contributed by atoms with Crippen LogP contribution in [-0.4, -0.2) is 36.5 Å². The molecule has 132 valence electrons. The normalized spacial score (nSPS) is 11.5. The van der Waals surface area contributed by atoms with Gasteiger partial charge in [0.25, 0.3) is 0 Å². The van der Waals surface area contributed by atoms with Gasteiger partial charge in [0.05, 0.1) is 12.2 Å². The number of anilines is 1. The number of esters is 1. The molecular formula is C17H24N2O5. The number of ether oxygens (including phenoxy) is 2. The second-order valence-electron chi connectivity index (χ2n) is 5.54. The molecule has 1 rings (SSSR count). The molecule has 0 aromatic heterocycles. The molecule has 0 aliphatic rings. The Balaban J connectivity index is 2.53. The summed E-state index contributed by atoms with van der Waals surface area (Å²) in [6.07, 6.45) is 0.619. The minimum atomic E-state index is -0.913. The van der Waals surface area contributed by atoms with Crippen LogP contribution in [0.15, 0.2) is 24.3 Å². The van der Waals surface area contributed by atoms with Gasteiger partial charge in [-0.1, -0.05) is 13.0 Å². The van der Waals surface area contributed by atoms with Gasteiger partial charge in [0, 0.05) is 11.8 Å². The van der Waals surface area contributed by atoms with Crippen molar-refractivity contribution >= 4 is 23.5 Å². The van der Waals surface area contributed by atoms with E-state index in [1.807, 2.05) is 13.8 Å². The van der Waals surface area contributed by atoms with Crippen molar-refractivity contribution in [3.63, 3.8) is 0 Å². The van der Waals surface area contributed by atoms with Crippen molar-refractivity contribution in [2.24, 2.45) is 0 Å². The lowest BCUT2D eigenvalue weighted by atomic mass is 10.2. The average molecular weight is 336 g/mol. The predicted octanol–water partition coefficient (Wildman–Crippen LogP) is 1.87. The van der Waals surface area contributed by atoms with Gasteiger partial charge in [-0.25, -0.2) is 0 Å². The molecule has 24 heavy (non-hydrogen) atoms. The van der Waals surface area contributed by atoms with Gasteiger partial charge in [0.1, 0.15) is 12.3 Å². The third-order valence-corrected chi connectivity index (χ3v) is 2.97. The Bertz CT molecular complexity index is 586. The monoisotopic (exact) mass is 336 g/mol. The quantitative estimate of drug-likeness (QED) is 0.586. The first kappa shape index (κ1) is 19.5. The molecule has 1 atom stereocenters. The largest absolute Gasteiger partial charge is 0.491 e. The standard InChI is InChI=1S/C17H24N2O5/c1-5-12(4)24-14-8-6-7-13(9-14)19-17(22)16(21)18-10-15(20)23-11(2)3/h6-9,11-12H,5,10H2,1-4H3,(H,18,21)(H,19,22)/t12-/m1/s1. The Kier molecular flexibility index (Phi) is 7.74. The number of amides is 2. The fourth-order valence-electron chi connectivity index (χ4n) is 1.69. The van der Waals surface area contributed by atoms with E-state index in [1.165, 1.54) is 0 Å². The van der Waals surface area contributed by atoms with E-state index in [-0.39, 0.29) is 18.8 Å². The summed E-state index contributed by atoms with van der Waals surface area (Å²) in [7, 11) is 0. The summed E-state index contributed by atoms with van der Waals surface area (Å²) >= 11 is 0. The van der Waals surface area contributed by atoms with Crippen LogP contribution < -0.4 is 15.4 Å². The van der Waals surface area contributed by atoms with E-state index in [4.69, 9.17) is 9.47 Å². The summed E-state index contributed by atoms with van der Waals surface area (Å²) in [4.78, 5) is 34.8. The van der Waals surface area contributed by atoms with Crippen LogP contribution in [0.2, 0.25) is 0 Å². The second-order valence-corrected chi connectivity index (χ2v) is 5.54. The first-order chi connectivity index (χ1) is 11.3. The third kappa shape index (κ3) is 7.13. The van der Waals surface area contributed by atoms with Gasteiger partial charge >= 0.3 is 17.8 Å². The average Bonchev–Trinajstić information content (AvgIpc) is 2.52. The molecule has 2 amide bonds. The molecule has 0 fully saturated rings. The second kappa shape index (κ2) is 9.54. The Morgan fingerprint density at radius 3 is 2.46 bits per heavy atom. The fraction of sp³-hybridized carbons (Fsp3) is 0.471. The summed E-state index contributed by atoms with van der Waals surface area (Å²) in [6, 6.07) is 6.75. The molecule has 0 heterocycles. The summed E-state index contributed by atoms with van der Waals surface area (Å²) < 4.78 is 10.5. The van der Waals surface area contributed by atoms with E-state index >= 15 is 0 Å². The molecule has 0 spiro atoms. The maximum absolute atomic E-state index is 11.8. The minimum absolute atomic E-state index is 0.0474. The van der Waals surface area contributed by atoms with E-state index in [2.05, 4.69) is 10.6 Å². The van der Waals surface area contributed by atoms with Crippen LogP contribution in [0.3, 0.4) is 0 Å². The maximum atomic E-state index is 11.8. The molecule has 0 unspecified atom stereocenters. The number of hydrogen-bond donors (Lipinski definition) is 2. The van der Waals surface area contributed by atoms with Crippen LogP contribution in [0, 0.1) is 0 Å². The van der Waals surface area contributed by atoms with Crippen molar-refractivity contribution in [3.05, 3.63) is 24.3 Å². The van der Waals surface area contributed by atoms with E-state index in [0.717, 1.165) is 6.42 Å². The highest BCUT2D eigenvalue weighted by Crippen LogP contribution is 2.19. The fourth-order valence-corrected chi connectivity index (χ4v) is 1.69. The van der Waals surface area contributed by atoms with Crippen LogP contribution in [0.25, 0.3) is 0 Å². The van der Waals surface area contributed by atoms with Gasteiger partial charge in [-0.2, -0.15) is 0 Å². The Labute approximate surface area is 141 Å². The molecule has 0 aliphatic carbocycles. The van der Waals surface area contributed by atoms with Gasteiger partial charge in [-0.15, -0.1) is 0 Å². The van der Waals surface area contributed by atoms with Crippen LogP contribution in [0.5, 0.6) is 5.75 Å². The lowest BCUT2D eigenvalue weighted by Crippen LogP contribution is -2.39. The van der Waals surface area contributed by atoms with Crippen LogP contribution in [0.4, 0.5) is 5.69 Å². The topological polar surface area (TPSA) is 93.7 Å². The highest BCUT2D eigenvalue weighted by atomic mass is 16.5. The number of rotatable bonds is 7. The molecule has 7 nitrogen and oxygen atoms in total. The molecule has 0 saturated heterocycles. The highest BCUT2D eigenvalue weighted by Gasteiger charge is 2.16. The first-order valence-corrected chi connectivity index (χ1v) is 7.87. The zero-order chi connectivity index (χ0) is 18.1. The van der Waals surface area contributed by atoms with Crippen LogP contribution in [0.1, 0.15) is 34.1 Å². The van der Waals surface area contributed by atoms with E-state index < -0.39 is 17.8 Å². The van der Waals surface area contributed by atoms with Crippen molar-refractivity contribution < 1.29 is 23.9 Å². The molecule has 0 bridgehead atoms. The highest BCUT2D eigenvalue weighted by molar-refractivity contribution is 6.39. The van der Waals surface area contributed by atoms with Gasteiger partial charge in [-0.3, -0.25) is 14.4 Å². The lowest BCUT2D eigenvalue weighted by molar-refractivity contribution is -0.147. The number of nitrogens with one attached hydrogen (secondary N) is 2. The zero-order valence-electron chi connectivity index (χ0n) is 14.4. The van der Waals surface area contributed by atoms with Crippen molar-refractivity contribution in [2.45, 2.75) is 46.3 Å². The Hall–Kier alpha value is -2.57. The minimum Gasteiger partial charge on any atom is -0.491 e. The summed E-state index contributed by atoms with van der Waals surface area (Å²) in [5, 5.41) is 4.66. The first-order valence-electron chi connectivity index (χ1n) is 7.87. The zero-order valence-corrected chi connectivity index (χ0v) is 14.4. The van der Waals surface area contributed by atoms with E-state index in [9.17, 15) is 14.4 Å². The molecule has 0 aliphatic heterocycles. The van der Waals surface area contributed by atoms with E-state index in [0.29, 0.717) is 11.4 Å². The van der Waals surface area contributed by atoms with Gasteiger partial charge in [0.2, 0.25) is 0 Å². The predicted molar refractivity (Wildman–Crippen MR) is 89.7 cm³/mol. The SMILES string of the molecule is CC[C@@H](C)Oc1cccc(NC(=O)C(=O)NCC(=O)OC(C)C)c1. The van der Waals surface area contributed by atoms with Crippen molar-refractivity contribution in [1.29, 1.82) is 0 Å². The summed E-state index contributed by atoms with van der Waals surface area (Å²) in [5.41, 5.74) is 0.431. The smallest absolute Gasteiger partial charge is 0.325 e. The molecule has 7 heteroatoms. The van der Waals surface area contributed by atoms with Crippen LogP contribution in [-0.2, 0) is 19.1 Å². The molecule has 0 radical (unpaired) electrons. The maximum Gasteiger partial charge on any atom is 0.325 e. The Morgan fingerprint density at radius 1 is 1.12 bits per heavy atom. The number of benzene rings is 1. The summed E-state index contributed by atoms with van der Waals surface area (Å²) in [5.74, 6) is -1.78. The molecule has 0 saturated carbocycles.